The zero-order valence-corrected chi connectivity index (χ0v) is 12.6. The van der Waals surface area contributed by atoms with Crippen LogP contribution in [0.2, 0.25) is 0 Å². The van der Waals surface area contributed by atoms with Crippen molar-refractivity contribution in [3.63, 3.8) is 0 Å². The van der Waals surface area contributed by atoms with E-state index in [1.807, 2.05) is 28.7 Å². The Morgan fingerprint density at radius 2 is 1.83 bits per heavy atom. The van der Waals surface area contributed by atoms with E-state index in [9.17, 15) is 13.6 Å². The van der Waals surface area contributed by atoms with Gasteiger partial charge in [-0.15, -0.1) is 0 Å². The van der Waals surface area contributed by atoms with Crippen LogP contribution < -0.4 is 0 Å². The molecule has 0 aliphatic carbocycles. The number of rotatable bonds is 2. The highest BCUT2D eigenvalue weighted by atomic mass is 127. The molecule has 0 N–H and O–H groups in total. The van der Waals surface area contributed by atoms with E-state index in [2.05, 4.69) is 15.9 Å². The predicted molar refractivity (Wildman–Crippen MR) is 76.6 cm³/mol. The van der Waals surface area contributed by atoms with Crippen molar-refractivity contribution in [3.8, 4) is 0 Å². The average Bonchev–Trinajstić information content (AvgIpc) is 2.35. The SMILES string of the molecule is O=C(c1cc(I)ccc1Br)c1cccc(F)c1F. The summed E-state index contributed by atoms with van der Waals surface area (Å²) >= 11 is 5.28. The fourth-order valence-corrected chi connectivity index (χ4v) is 2.41. The van der Waals surface area contributed by atoms with E-state index >= 15 is 0 Å². The molecule has 2 rings (SSSR count). The minimum absolute atomic E-state index is 0.266. The third-order valence-corrected chi connectivity index (χ3v) is 3.73. The lowest BCUT2D eigenvalue weighted by molar-refractivity contribution is 0.103. The molecule has 0 saturated carbocycles. The Morgan fingerprint density at radius 3 is 2.56 bits per heavy atom. The summed E-state index contributed by atoms with van der Waals surface area (Å²) in [7, 11) is 0. The van der Waals surface area contributed by atoms with Crippen LogP contribution in [-0.4, -0.2) is 5.78 Å². The highest BCUT2D eigenvalue weighted by molar-refractivity contribution is 14.1. The van der Waals surface area contributed by atoms with Crippen LogP contribution in [-0.2, 0) is 0 Å². The highest BCUT2D eigenvalue weighted by Gasteiger charge is 2.18. The zero-order valence-electron chi connectivity index (χ0n) is 8.88. The van der Waals surface area contributed by atoms with E-state index in [1.165, 1.54) is 12.1 Å². The lowest BCUT2D eigenvalue weighted by Gasteiger charge is -2.06. The molecule has 0 amide bonds. The van der Waals surface area contributed by atoms with E-state index in [4.69, 9.17) is 0 Å². The fourth-order valence-electron chi connectivity index (χ4n) is 1.50. The van der Waals surface area contributed by atoms with E-state index < -0.39 is 17.4 Å². The van der Waals surface area contributed by atoms with Gasteiger partial charge in [0.25, 0.3) is 0 Å². The molecular formula is C13H6BrF2IO. The third-order valence-electron chi connectivity index (χ3n) is 2.37. The van der Waals surface area contributed by atoms with Crippen molar-refractivity contribution in [1.29, 1.82) is 0 Å². The smallest absolute Gasteiger partial charge is 0.197 e. The van der Waals surface area contributed by atoms with Crippen LogP contribution in [0.15, 0.2) is 40.9 Å². The molecular weight excluding hydrogens is 417 g/mol. The molecule has 18 heavy (non-hydrogen) atoms. The van der Waals surface area contributed by atoms with Crippen LogP contribution in [0.5, 0.6) is 0 Å². The lowest BCUT2D eigenvalue weighted by Crippen LogP contribution is -2.07. The van der Waals surface area contributed by atoms with Crippen molar-refractivity contribution in [1.82, 2.24) is 0 Å². The van der Waals surface area contributed by atoms with E-state index in [1.54, 1.807) is 12.1 Å². The quantitative estimate of drug-likeness (QED) is 0.512. The van der Waals surface area contributed by atoms with Gasteiger partial charge in [0.2, 0.25) is 0 Å². The summed E-state index contributed by atoms with van der Waals surface area (Å²) in [6.07, 6.45) is 0. The summed E-state index contributed by atoms with van der Waals surface area (Å²) in [5.41, 5.74) is 0.0455. The van der Waals surface area contributed by atoms with Gasteiger partial charge >= 0.3 is 0 Å². The largest absolute Gasteiger partial charge is 0.288 e. The third kappa shape index (κ3) is 2.61. The van der Waals surface area contributed by atoms with Gasteiger partial charge in [-0.05, 0) is 52.9 Å². The van der Waals surface area contributed by atoms with Gasteiger partial charge in [-0.3, -0.25) is 4.79 Å². The molecule has 0 atom stereocenters. The highest BCUT2D eigenvalue weighted by Crippen LogP contribution is 2.24. The van der Waals surface area contributed by atoms with Crippen molar-refractivity contribution < 1.29 is 13.6 Å². The minimum atomic E-state index is -1.12. The number of hydrogen-bond donors (Lipinski definition) is 0. The Morgan fingerprint density at radius 1 is 1.11 bits per heavy atom. The Balaban J connectivity index is 2.55. The molecule has 0 aliphatic heterocycles. The van der Waals surface area contributed by atoms with Crippen LogP contribution in [0.3, 0.4) is 0 Å². The van der Waals surface area contributed by atoms with Gasteiger partial charge in [0.15, 0.2) is 17.4 Å². The van der Waals surface area contributed by atoms with Gasteiger partial charge in [0, 0.05) is 13.6 Å². The molecule has 0 heterocycles. The summed E-state index contributed by atoms with van der Waals surface area (Å²) in [4.78, 5) is 12.2. The number of benzene rings is 2. The van der Waals surface area contributed by atoms with E-state index in [-0.39, 0.29) is 5.56 Å². The maximum Gasteiger partial charge on any atom is 0.197 e. The molecule has 0 aromatic heterocycles. The number of carbonyl (C=O) groups excluding carboxylic acids is 1. The maximum atomic E-state index is 13.6. The first-order chi connectivity index (χ1) is 8.50. The van der Waals surface area contributed by atoms with E-state index in [0.717, 1.165) is 9.64 Å². The molecule has 1 nitrogen and oxygen atoms in total. The monoisotopic (exact) mass is 422 g/mol. The Labute approximate surface area is 124 Å². The number of hydrogen-bond acceptors (Lipinski definition) is 1. The van der Waals surface area contributed by atoms with Crippen molar-refractivity contribution in [2.75, 3.05) is 0 Å². The lowest BCUT2D eigenvalue weighted by atomic mass is 10.0. The molecule has 5 heteroatoms. The van der Waals surface area contributed by atoms with E-state index in [0.29, 0.717) is 10.0 Å². The second-order valence-corrected chi connectivity index (χ2v) is 5.65. The molecule has 0 fully saturated rings. The fraction of sp³-hybridized carbons (Fsp3) is 0. The molecule has 92 valence electrons. The number of halogens is 4. The van der Waals surface area contributed by atoms with Gasteiger partial charge < -0.3 is 0 Å². The van der Waals surface area contributed by atoms with Gasteiger partial charge in [-0.25, -0.2) is 8.78 Å². The Kier molecular flexibility index (Phi) is 4.11. The first-order valence-corrected chi connectivity index (χ1v) is 6.81. The van der Waals surface area contributed by atoms with Crippen LogP contribution >= 0.6 is 38.5 Å². The zero-order chi connectivity index (χ0) is 13.3. The standard InChI is InChI=1S/C13H6BrF2IO/c14-10-5-4-7(17)6-9(10)13(18)8-2-1-3-11(15)12(8)16/h1-6H. The van der Waals surface area contributed by atoms with Crippen molar-refractivity contribution in [2.24, 2.45) is 0 Å². The summed E-state index contributed by atoms with van der Waals surface area (Å²) in [5, 5.41) is 0. The van der Waals surface area contributed by atoms with Gasteiger partial charge in [0.1, 0.15) is 0 Å². The summed E-state index contributed by atoms with van der Waals surface area (Å²) in [5.74, 6) is -2.69. The Hall–Kier alpha value is -0.820. The second kappa shape index (κ2) is 5.44. The number of carbonyl (C=O) groups is 1. The van der Waals surface area contributed by atoms with Gasteiger partial charge in [0.05, 0.1) is 5.56 Å². The van der Waals surface area contributed by atoms with Crippen LogP contribution in [0.4, 0.5) is 8.78 Å². The predicted octanol–water partition coefficient (Wildman–Crippen LogP) is 4.56. The first-order valence-electron chi connectivity index (χ1n) is 4.94. The van der Waals surface area contributed by atoms with Crippen LogP contribution in [0, 0.1) is 15.2 Å². The summed E-state index contributed by atoms with van der Waals surface area (Å²) in [6.45, 7) is 0. The number of ketones is 1. The van der Waals surface area contributed by atoms with Gasteiger partial charge in [-0.1, -0.05) is 22.0 Å². The minimum Gasteiger partial charge on any atom is -0.288 e. The molecule has 0 unspecified atom stereocenters. The summed E-state index contributed by atoms with van der Waals surface area (Å²) < 4.78 is 28.0. The average molecular weight is 423 g/mol. The molecule has 0 aliphatic rings. The molecule has 2 aromatic carbocycles. The van der Waals surface area contributed by atoms with Crippen LogP contribution in [0.1, 0.15) is 15.9 Å². The molecule has 0 bridgehead atoms. The van der Waals surface area contributed by atoms with Crippen molar-refractivity contribution >= 4 is 44.3 Å². The topological polar surface area (TPSA) is 17.1 Å². The molecule has 2 aromatic rings. The van der Waals surface area contributed by atoms with Crippen LogP contribution in [0.25, 0.3) is 0 Å². The molecule has 0 radical (unpaired) electrons. The normalized spacial score (nSPS) is 10.4. The second-order valence-electron chi connectivity index (χ2n) is 3.55. The Bertz CT molecular complexity index is 624. The van der Waals surface area contributed by atoms with Crippen molar-refractivity contribution in [3.05, 3.63) is 67.2 Å². The summed E-state index contributed by atoms with van der Waals surface area (Å²) in [6, 6.07) is 8.70. The maximum absolute atomic E-state index is 13.6. The van der Waals surface area contributed by atoms with Crippen molar-refractivity contribution in [2.45, 2.75) is 0 Å². The first kappa shape index (κ1) is 13.6. The van der Waals surface area contributed by atoms with Gasteiger partial charge in [-0.2, -0.15) is 0 Å². The molecule has 0 spiro atoms. The molecule has 0 saturated heterocycles.